The minimum absolute atomic E-state index is 0.562. The number of benzene rings is 1. The second kappa shape index (κ2) is 4.33. The Hall–Kier alpha value is -1.03. The van der Waals surface area contributed by atoms with Crippen molar-refractivity contribution in [3.05, 3.63) is 40.1 Å². The largest absolute Gasteiger partial charge is 0.324 e. The van der Waals surface area contributed by atoms with Crippen LogP contribution in [0.25, 0.3) is 11.4 Å². The van der Waals surface area contributed by atoms with Gasteiger partial charge < -0.3 is 9.88 Å². The number of rotatable bonds is 1. The predicted octanol–water partition coefficient (Wildman–Crippen LogP) is 2.96. The second-order valence-corrected chi connectivity index (χ2v) is 4.75. The zero-order chi connectivity index (χ0) is 11.8. The molecular weight excluding hydrogens is 257 g/mol. The highest BCUT2D eigenvalue weighted by Crippen LogP contribution is 2.31. The highest BCUT2D eigenvalue weighted by molar-refractivity contribution is 6.33. The van der Waals surface area contributed by atoms with Gasteiger partial charge in [0.2, 0.25) is 0 Å². The molecule has 2 aromatic rings. The molecule has 5 heteroatoms. The van der Waals surface area contributed by atoms with Gasteiger partial charge in [0.25, 0.3) is 0 Å². The van der Waals surface area contributed by atoms with Gasteiger partial charge in [-0.3, -0.25) is 0 Å². The molecule has 0 bridgehead atoms. The predicted molar refractivity (Wildman–Crippen MR) is 69.4 cm³/mol. The molecule has 0 atom stereocenters. The molecule has 0 spiro atoms. The molecule has 1 aromatic carbocycles. The van der Waals surface area contributed by atoms with Gasteiger partial charge in [-0.2, -0.15) is 0 Å². The minimum atomic E-state index is 0.562. The van der Waals surface area contributed by atoms with Gasteiger partial charge in [0.05, 0.1) is 10.7 Å². The summed E-state index contributed by atoms with van der Waals surface area (Å²) in [5, 5.41) is 4.55. The minimum Gasteiger partial charge on any atom is -0.324 e. The zero-order valence-electron chi connectivity index (χ0n) is 9.08. The summed E-state index contributed by atoms with van der Waals surface area (Å²) in [4.78, 5) is 4.43. The van der Waals surface area contributed by atoms with E-state index in [9.17, 15) is 0 Å². The van der Waals surface area contributed by atoms with Crippen LogP contribution in [-0.2, 0) is 13.1 Å². The quantitative estimate of drug-likeness (QED) is 0.861. The molecule has 0 aliphatic carbocycles. The van der Waals surface area contributed by atoms with Crippen LogP contribution in [0.5, 0.6) is 0 Å². The first-order valence-corrected chi connectivity index (χ1v) is 6.23. The summed E-state index contributed by atoms with van der Waals surface area (Å²) in [7, 11) is 0. The summed E-state index contributed by atoms with van der Waals surface area (Å²) in [5.41, 5.74) is 1.97. The van der Waals surface area contributed by atoms with Crippen molar-refractivity contribution in [3.63, 3.8) is 0 Å². The molecule has 2 heterocycles. The number of hydrogen-bond acceptors (Lipinski definition) is 2. The van der Waals surface area contributed by atoms with Crippen LogP contribution in [0.3, 0.4) is 0 Å². The Labute approximate surface area is 109 Å². The molecular formula is C12H11Cl2N3. The summed E-state index contributed by atoms with van der Waals surface area (Å²) in [6.07, 6.45) is 0. The molecule has 3 nitrogen and oxygen atoms in total. The third-order valence-electron chi connectivity index (χ3n) is 2.94. The van der Waals surface area contributed by atoms with Crippen molar-refractivity contribution < 1.29 is 0 Å². The Morgan fingerprint density at radius 2 is 2.06 bits per heavy atom. The van der Waals surface area contributed by atoms with Crippen LogP contribution in [0.4, 0.5) is 0 Å². The van der Waals surface area contributed by atoms with E-state index in [1.807, 2.05) is 24.3 Å². The zero-order valence-corrected chi connectivity index (χ0v) is 10.6. The fourth-order valence-electron chi connectivity index (χ4n) is 2.11. The lowest BCUT2D eigenvalue weighted by Gasteiger charge is -2.18. The smallest absolute Gasteiger partial charge is 0.152 e. The lowest BCUT2D eigenvalue weighted by Crippen LogP contribution is -2.28. The Morgan fingerprint density at radius 3 is 2.88 bits per heavy atom. The van der Waals surface area contributed by atoms with E-state index in [4.69, 9.17) is 23.2 Å². The highest BCUT2D eigenvalue weighted by atomic mass is 35.5. The molecule has 1 aliphatic rings. The number of aromatic nitrogens is 2. The number of halogens is 2. The molecule has 0 amide bonds. The lowest BCUT2D eigenvalue weighted by molar-refractivity contribution is 0.520. The van der Waals surface area contributed by atoms with E-state index in [0.29, 0.717) is 10.2 Å². The maximum Gasteiger partial charge on any atom is 0.152 e. The van der Waals surface area contributed by atoms with Gasteiger partial charge in [-0.1, -0.05) is 35.3 Å². The molecule has 0 fully saturated rings. The number of nitrogens with one attached hydrogen (secondary N) is 1. The molecule has 3 rings (SSSR count). The van der Waals surface area contributed by atoms with E-state index in [2.05, 4.69) is 14.9 Å². The maximum atomic E-state index is 6.20. The van der Waals surface area contributed by atoms with Crippen molar-refractivity contribution >= 4 is 23.2 Å². The first-order valence-electron chi connectivity index (χ1n) is 5.48. The molecule has 0 saturated heterocycles. The highest BCUT2D eigenvalue weighted by Gasteiger charge is 2.20. The van der Waals surface area contributed by atoms with Crippen molar-refractivity contribution in [1.82, 2.24) is 14.9 Å². The monoisotopic (exact) mass is 267 g/mol. The summed E-state index contributed by atoms with van der Waals surface area (Å²) in [6.45, 7) is 2.56. The third kappa shape index (κ3) is 1.84. The average molecular weight is 268 g/mol. The number of hydrogen-bond donors (Lipinski definition) is 1. The summed E-state index contributed by atoms with van der Waals surface area (Å²) in [5.74, 6) is 0.858. The van der Waals surface area contributed by atoms with Crippen LogP contribution < -0.4 is 5.32 Å². The van der Waals surface area contributed by atoms with Crippen LogP contribution in [0.15, 0.2) is 24.3 Å². The summed E-state index contributed by atoms with van der Waals surface area (Å²) >= 11 is 12.3. The van der Waals surface area contributed by atoms with E-state index in [0.717, 1.165) is 36.7 Å². The molecule has 17 heavy (non-hydrogen) atoms. The van der Waals surface area contributed by atoms with Gasteiger partial charge in [-0.15, -0.1) is 0 Å². The molecule has 0 radical (unpaired) electrons. The van der Waals surface area contributed by atoms with Crippen LogP contribution in [0.1, 0.15) is 5.69 Å². The van der Waals surface area contributed by atoms with E-state index < -0.39 is 0 Å². The molecule has 1 N–H and O–H groups in total. The standard InChI is InChI=1S/C12H11Cl2N3/c13-9-4-2-1-3-8(9)12-16-11(14)10-7-15-5-6-17(10)12/h1-4,15H,5-7H2. The van der Waals surface area contributed by atoms with Crippen molar-refractivity contribution in [1.29, 1.82) is 0 Å². The first kappa shape index (κ1) is 11.1. The normalized spacial score (nSPS) is 14.7. The maximum absolute atomic E-state index is 6.20. The van der Waals surface area contributed by atoms with E-state index in [1.54, 1.807) is 0 Å². The van der Waals surface area contributed by atoms with Crippen molar-refractivity contribution in [2.24, 2.45) is 0 Å². The van der Waals surface area contributed by atoms with E-state index >= 15 is 0 Å². The molecule has 1 aromatic heterocycles. The Bertz CT molecular complexity index is 563. The molecule has 0 saturated carbocycles. The fourth-order valence-corrected chi connectivity index (χ4v) is 2.58. The average Bonchev–Trinajstić information content (AvgIpc) is 2.68. The second-order valence-electron chi connectivity index (χ2n) is 3.98. The number of fused-ring (bicyclic) bond motifs is 1. The van der Waals surface area contributed by atoms with Gasteiger partial charge in [-0.05, 0) is 12.1 Å². The van der Waals surface area contributed by atoms with Gasteiger partial charge in [-0.25, -0.2) is 4.98 Å². The summed E-state index contributed by atoms with van der Waals surface area (Å²) < 4.78 is 2.14. The molecule has 0 unspecified atom stereocenters. The first-order chi connectivity index (χ1) is 8.27. The number of nitrogens with zero attached hydrogens (tertiary/aromatic N) is 2. The van der Waals surface area contributed by atoms with Crippen molar-refractivity contribution in [2.75, 3.05) is 6.54 Å². The molecule has 1 aliphatic heterocycles. The lowest BCUT2D eigenvalue weighted by atomic mass is 10.2. The Balaban J connectivity index is 2.19. The molecule has 88 valence electrons. The van der Waals surface area contributed by atoms with Crippen LogP contribution in [0.2, 0.25) is 10.2 Å². The van der Waals surface area contributed by atoms with Crippen molar-refractivity contribution in [3.8, 4) is 11.4 Å². The van der Waals surface area contributed by atoms with Gasteiger partial charge in [0.15, 0.2) is 5.15 Å². The Kier molecular flexibility index (Phi) is 2.82. The van der Waals surface area contributed by atoms with Gasteiger partial charge in [0.1, 0.15) is 5.82 Å². The van der Waals surface area contributed by atoms with Crippen LogP contribution >= 0.6 is 23.2 Å². The van der Waals surface area contributed by atoms with Crippen LogP contribution in [-0.4, -0.2) is 16.1 Å². The fraction of sp³-hybridized carbons (Fsp3) is 0.250. The van der Waals surface area contributed by atoms with Crippen molar-refractivity contribution in [2.45, 2.75) is 13.1 Å². The third-order valence-corrected chi connectivity index (χ3v) is 3.58. The van der Waals surface area contributed by atoms with Gasteiger partial charge >= 0.3 is 0 Å². The van der Waals surface area contributed by atoms with E-state index in [1.165, 1.54) is 0 Å². The Morgan fingerprint density at radius 1 is 1.24 bits per heavy atom. The topological polar surface area (TPSA) is 29.9 Å². The van der Waals surface area contributed by atoms with E-state index in [-0.39, 0.29) is 0 Å². The summed E-state index contributed by atoms with van der Waals surface area (Å²) in [6, 6.07) is 7.71. The van der Waals surface area contributed by atoms with Gasteiger partial charge in [0, 0.05) is 25.2 Å². The number of imidazole rings is 1. The SMILES string of the molecule is Clc1ccccc1-c1nc(Cl)c2n1CCNC2. The van der Waals surface area contributed by atoms with Crippen LogP contribution in [0, 0.1) is 0 Å².